The summed E-state index contributed by atoms with van der Waals surface area (Å²) in [7, 11) is 1.68. The van der Waals surface area contributed by atoms with Gasteiger partial charge >= 0.3 is 12.1 Å². The van der Waals surface area contributed by atoms with Gasteiger partial charge in [0.25, 0.3) is 5.91 Å². The van der Waals surface area contributed by atoms with Crippen LogP contribution in [0.1, 0.15) is 24.2 Å². The number of carbonyl (C=O) groups is 3. The highest BCUT2D eigenvalue weighted by molar-refractivity contribution is 6.03. The summed E-state index contributed by atoms with van der Waals surface area (Å²) in [6.45, 7) is 3.93. The number of nitrogens with one attached hydrogen (secondary N) is 3. The Morgan fingerprint density at radius 2 is 1.69 bits per heavy atom. The van der Waals surface area contributed by atoms with E-state index in [0.29, 0.717) is 22.8 Å². The maximum atomic E-state index is 13.7. The number of halogens is 1. The lowest BCUT2D eigenvalue weighted by Gasteiger charge is -2.38. The molecule has 1 aliphatic heterocycles. The van der Waals surface area contributed by atoms with E-state index in [4.69, 9.17) is 4.74 Å². The molecule has 0 bridgehead atoms. The van der Waals surface area contributed by atoms with Crippen LogP contribution in [0.3, 0.4) is 0 Å². The first-order valence-corrected chi connectivity index (χ1v) is 14.7. The number of anilines is 3. The molecule has 1 aliphatic rings. The molecule has 0 aliphatic carbocycles. The van der Waals surface area contributed by atoms with Crippen molar-refractivity contribution in [3.05, 3.63) is 96.3 Å². The van der Waals surface area contributed by atoms with Gasteiger partial charge in [-0.05, 0) is 60.8 Å². The summed E-state index contributed by atoms with van der Waals surface area (Å²) < 4.78 is 19.6. The van der Waals surface area contributed by atoms with Gasteiger partial charge in [-0.3, -0.25) is 4.79 Å². The number of carbonyl (C=O) groups excluding carboxylic acids is 3. The number of hydrogen-bond acceptors (Lipinski definition) is 5. The Bertz CT molecular complexity index is 1690. The molecule has 0 aromatic heterocycles. The highest BCUT2D eigenvalue weighted by Gasteiger charge is 2.34. The maximum Gasteiger partial charge on any atom is 0.323 e. The van der Waals surface area contributed by atoms with Gasteiger partial charge in [-0.25, -0.2) is 14.0 Å². The molecule has 0 radical (unpaired) electrons. The maximum absolute atomic E-state index is 13.7. The van der Waals surface area contributed by atoms with E-state index in [2.05, 4.69) is 16.0 Å². The molecule has 1 heterocycles. The molecule has 0 fully saturated rings. The van der Waals surface area contributed by atoms with Crippen molar-refractivity contribution in [3.63, 3.8) is 0 Å². The van der Waals surface area contributed by atoms with Crippen LogP contribution in [0.5, 0.6) is 5.75 Å². The minimum absolute atomic E-state index is 0.203. The molecule has 234 valence electrons. The zero-order valence-electron chi connectivity index (χ0n) is 25.3. The monoisotopic (exact) mass is 613 g/mol. The third-order valence-electron chi connectivity index (χ3n) is 7.86. The average Bonchev–Trinajstić information content (AvgIpc) is 3.03. The van der Waals surface area contributed by atoms with Gasteiger partial charge in [0.05, 0.1) is 30.4 Å². The van der Waals surface area contributed by atoms with Crippen molar-refractivity contribution in [2.24, 2.45) is 5.92 Å². The first-order chi connectivity index (χ1) is 21.6. The summed E-state index contributed by atoms with van der Waals surface area (Å²) >= 11 is 0. The van der Waals surface area contributed by atoms with Gasteiger partial charge in [0.2, 0.25) is 0 Å². The van der Waals surface area contributed by atoms with Crippen LogP contribution in [0.2, 0.25) is 0 Å². The molecule has 5 rings (SSSR count). The Kier molecular flexibility index (Phi) is 9.48. The molecule has 10 nitrogen and oxygen atoms in total. The van der Waals surface area contributed by atoms with Crippen LogP contribution in [-0.2, 0) is 0 Å². The summed E-state index contributed by atoms with van der Waals surface area (Å²) in [5.74, 6) is -0.698. The number of aliphatic hydroxyl groups excluding tert-OH is 1. The van der Waals surface area contributed by atoms with Crippen molar-refractivity contribution in [1.82, 2.24) is 9.80 Å². The molecule has 0 saturated carbocycles. The molecule has 45 heavy (non-hydrogen) atoms. The van der Waals surface area contributed by atoms with E-state index in [1.54, 1.807) is 35.9 Å². The highest BCUT2D eigenvalue weighted by atomic mass is 19.1. The van der Waals surface area contributed by atoms with Crippen molar-refractivity contribution < 1.29 is 28.6 Å². The number of urea groups is 2. The van der Waals surface area contributed by atoms with Crippen LogP contribution < -0.4 is 20.7 Å². The van der Waals surface area contributed by atoms with Gasteiger partial charge in [-0.15, -0.1) is 0 Å². The minimum Gasteiger partial charge on any atom is -0.487 e. The molecular weight excluding hydrogens is 577 g/mol. The predicted octanol–water partition coefficient (Wildman–Crippen LogP) is 6.01. The predicted molar refractivity (Wildman–Crippen MR) is 172 cm³/mol. The van der Waals surface area contributed by atoms with Gasteiger partial charge in [-0.2, -0.15) is 0 Å². The van der Waals surface area contributed by atoms with Gasteiger partial charge in [0.1, 0.15) is 17.7 Å². The zero-order valence-corrected chi connectivity index (χ0v) is 25.3. The normalized spacial score (nSPS) is 16.9. The molecule has 11 heteroatoms. The third kappa shape index (κ3) is 7.32. The lowest BCUT2D eigenvalue weighted by molar-refractivity contribution is 0.0371. The summed E-state index contributed by atoms with van der Waals surface area (Å²) in [5, 5.41) is 20.2. The van der Waals surface area contributed by atoms with E-state index >= 15 is 0 Å². The van der Waals surface area contributed by atoms with Crippen LogP contribution in [0, 0.1) is 11.7 Å². The van der Waals surface area contributed by atoms with Crippen LogP contribution in [-0.4, -0.2) is 71.8 Å². The van der Waals surface area contributed by atoms with Crippen LogP contribution >= 0.6 is 0 Å². The first kappa shape index (κ1) is 31.3. The number of aliphatic hydroxyl groups is 1. The molecule has 4 aromatic carbocycles. The van der Waals surface area contributed by atoms with Crippen LogP contribution in [0.4, 0.5) is 31.0 Å². The Balaban J connectivity index is 1.35. The van der Waals surface area contributed by atoms with Crippen molar-refractivity contribution in [2.75, 3.05) is 42.7 Å². The fraction of sp³-hybridized carbons (Fsp3) is 0.265. The van der Waals surface area contributed by atoms with Crippen molar-refractivity contribution in [1.29, 1.82) is 0 Å². The number of benzene rings is 4. The molecule has 0 unspecified atom stereocenters. The van der Waals surface area contributed by atoms with Crippen LogP contribution in [0.25, 0.3) is 10.8 Å². The fourth-order valence-corrected chi connectivity index (χ4v) is 5.24. The largest absolute Gasteiger partial charge is 0.487 e. The molecule has 4 aromatic rings. The average molecular weight is 614 g/mol. The molecule has 5 amide bonds. The number of hydrogen-bond donors (Lipinski definition) is 4. The SMILES string of the molecule is C[C@H](CO)N1C[C@H](C)[C@@H](CN(C)C(=O)Nc2cccc3ccccc23)Oc2ccc(NC(=O)Nc3ccc(F)cc3)cc2C1=O. The third-order valence-corrected chi connectivity index (χ3v) is 7.86. The minimum atomic E-state index is -0.577. The number of fused-ring (bicyclic) bond motifs is 2. The van der Waals surface area contributed by atoms with Gasteiger partial charge in [-0.1, -0.05) is 43.3 Å². The lowest BCUT2D eigenvalue weighted by Crippen LogP contribution is -2.50. The van der Waals surface area contributed by atoms with Gasteiger partial charge < -0.3 is 35.6 Å². The Hall–Kier alpha value is -5.16. The van der Waals surface area contributed by atoms with E-state index in [0.717, 1.165) is 10.8 Å². The summed E-state index contributed by atoms with van der Waals surface area (Å²) in [6, 6.07) is 22.2. The van der Waals surface area contributed by atoms with E-state index < -0.39 is 24.0 Å². The van der Waals surface area contributed by atoms with Crippen molar-refractivity contribution in [2.45, 2.75) is 26.0 Å². The van der Waals surface area contributed by atoms with Gasteiger partial charge in [0.15, 0.2) is 0 Å². The number of ether oxygens (including phenoxy) is 1. The first-order valence-electron chi connectivity index (χ1n) is 14.7. The van der Waals surface area contributed by atoms with E-state index in [1.165, 1.54) is 30.3 Å². The topological polar surface area (TPSA) is 123 Å². The summed E-state index contributed by atoms with van der Waals surface area (Å²) in [4.78, 5) is 42.8. The fourth-order valence-electron chi connectivity index (χ4n) is 5.24. The Morgan fingerprint density at radius 1 is 1.00 bits per heavy atom. The smallest absolute Gasteiger partial charge is 0.323 e. The molecule has 0 spiro atoms. The van der Waals surface area contributed by atoms with Gasteiger partial charge in [0, 0.05) is 36.3 Å². The molecule has 3 atom stereocenters. The Morgan fingerprint density at radius 3 is 2.44 bits per heavy atom. The van der Waals surface area contributed by atoms with Crippen molar-refractivity contribution in [3.8, 4) is 5.75 Å². The number of likely N-dealkylation sites (N-methyl/N-ethyl adjacent to an activating group) is 1. The summed E-state index contributed by atoms with van der Waals surface area (Å²) in [6.07, 6.45) is -0.505. The second kappa shape index (κ2) is 13.6. The summed E-state index contributed by atoms with van der Waals surface area (Å²) in [5.41, 5.74) is 1.63. The number of rotatable bonds is 7. The van der Waals surface area contributed by atoms with E-state index in [9.17, 15) is 23.9 Å². The molecule has 4 N–H and O–H groups in total. The van der Waals surface area contributed by atoms with Crippen molar-refractivity contribution >= 4 is 45.8 Å². The highest BCUT2D eigenvalue weighted by Crippen LogP contribution is 2.31. The second-order valence-electron chi connectivity index (χ2n) is 11.3. The molecular formula is C34H36FN5O5. The van der Waals surface area contributed by atoms with E-state index in [-0.39, 0.29) is 43.1 Å². The second-order valence-corrected chi connectivity index (χ2v) is 11.3. The quantitative estimate of drug-likeness (QED) is 0.203. The zero-order chi connectivity index (χ0) is 32.1. The number of nitrogens with zero attached hydrogens (tertiary/aromatic N) is 2. The van der Waals surface area contributed by atoms with Crippen LogP contribution in [0.15, 0.2) is 84.9 Å². The molecule has 0 saturated heterocycles. The van der Waals surface area contributed by atoms with E-state index in [1.807, 2.05) is 49.4 Å². The number of amides is 5. The lowest BCUT2D eigenvalue weighted by atomic mass is 9.99. The Labute approximate surface area is 260 Å². The standard InChI is InChI=1S/C34H36FN5O5/c1-21-18-40(22(2)20-41)32(42)28-17-26(37-33(43)36-25-13-11-24(35)12-14-25)15-16-30(28)45-31(21)19-39(3)34(44)38-29-10-6-8-23-7-4-5-9-27(23)29/h4-17,21-22,31,41H,18-20H2,1-3H3,(H,38,44)(H2,36,37,43)/t21-,22+,31+/m0/s1.